The van der Waals surface area contributed by atoms with E-state index in [1.54, 1.807) is 36.1 Å². The highest BCUT2D eigenvalue weighted by Gasteiger charge is 2.32. The predicted octanol–water partition coefficient (Wildman–Crippen LogP) is 0.946. The minimum Gasteiger partial charge on any atom is -0.477 e. The number of hydrogen-bond acceptors (Lipinski definition) is 4. The lowest BCUT2D eigenvalue weighted by Crippen LogP contribution is -2.39. The highest BCUT2D eigenvalue weighted by molar-refractivity contribution is 7.89. The Morgan fingerprint density at radius 3 is 2.52 bits per heavy atom. The summed E-state index contributed by atoms with van der Waals surface area (Å²) in [6, 6.07) is 4.72. The molecule has 0 bridgehead atoms. The molecule has 0 aliphatic carbocycles. The summed E-state index contributed by atoms with van der Waals surface area (Å²) in [7, 11) is -1.91. The van der Waals surface area contributed by atoms with Crippen LogP contribution < -0.4 is 0 Å². The van der Waals surface area contributed by atoms with Crippen molar-refractivity contribution in [2.75, 3.05) is 13.1 Å². The van der Waals surface area contributed by atoms with Crippen LogP contribution in [0.4, 0.5) is 0 Å². The number of carboxylic acid groups (broad SMARTS) is 1. The van der Waals surface area contributed by atoms with Crippen LogP contribution in [0.15, 0.2) is 35.6 Å². The van der Waals surface area contributed by atoms with Crippen molar-refractivity contribution in [1.82, 2.24) is 18.7 Å². The van der Waals surface area contributed by atoms with Crippen LogP contribution in [-0.4, -0.2) is 51.2 Å². The molecule has 2 aromatic heterocycles. The van der Waals surface area contributed by atoms with Crippen molar-refractivity contribution in [1.29, 1.82) is 0 Å². The second-order valence-corrected chi connectivity index (χ2v) is 7.45. The average molecular weight is 338 g/mol. The molecule has 124 valence electrons. The van der Waals surface area contributed by atoms with Gasteiger partial charge in [-0.3, -0.25) is 4.68 Å². The molecule has 0 spiro atoms. The normalized spacial score (nSPS) is 17.4. The van der Waals surface area contributed by atoms with Gasteiger partial charge < -0.3 is 9.67 Å². The summed E-state index contributed by atoms with van der Waals surface area (Å²) >= 11 is 0. The van der Waals surface area contributed by atoms with Crippen molar-refractivity contribution in [3.8, 4) is 0 Å². The first-order valence-electron chi connectivity index (χ1n) is 7.29. The Hall–Kier alpha value is -2.13. The highest BCUT2D eigenvalue weighted by Crippen LogP contribution is 2.27. The Balaban J connectivity index is 1.73. The first-order chi connectivity index (χ1) is 10.9. The number of rotatable bonds is 4. The first-order valence-corrected chi connectivity index (χ1v) is 8.73. The van der Waals surface area contributed by atoms with Crippen LogP contribution >= 0.6 is 0 Å². The van der Waals surface area contributed by atoms with Gasteiger partial charge in [0.1, 0.15) is 5.69 Å². The zero-order chi connectivity index (χ0) is 16.6. The highest BCUT2D eigenvalue weighted by atomic mass is 32.2. The van der Waals surface area contributed by atoms with Crippen LogP contribution in [0.2, 0.25) is 0 Å². The maximum atomic E-state index is 12.5. The third-order valence-corrected chi connectivity index (χ3v) is 5.90. The van der Waals surface area contributed by atoms with E-state index >= 15 is 0 Å². The molecule has 0 radical (unpaired) electrons. The van der Waals surface area contributed by atoms with E-state index in [0.29, 0.717) is 25.9 Å². The van der Waals surface area contributed by atoms with Crippen molar-refractivity contribution in [2.45, 2.75) is 23.9 Å². The number of piperidine rings is 1. The second kappa shape index (κ2) is 5.82. The van der Waals surface area contributed by atoms with Gasteiger partial charge in [-0.25, -0.2) is 13.2 Å². The Morgan fingerprint density at radius 1 is 1.26 bits per heavy atom. The topological polar surface area (TPSA) is 97.4 Å². The quantitative estimate of drug-likeness (QED) is 0.895. The average Bonchev–Trinajstić information content (AvgIpc) is 3.16. The van der Waals surface area contributed by atoms with E-state index in [4.69, 9.17) is 0 Å². The molecule has 1 N–H and O–H groups in total. The molecular formula is C14H18N4O4S. The summed E-state index contributed by atoms with van der Waals surface area (Å²) in [5, 5.41) is 13.2. The zero-order valence-corrected chi connectivity index (χ0v) is 13.5. The van der Waals surface area contributed by atoms with Crippen molar-refractivity contribution in [3.05, 3.63) is 36.3 Å². The molecule has 1 fully saturated rings. The van der Waals surface area contributed by atoms with E-state index in [1.165, 1.54) is 15.1 Å². The number of aromatic carboxylic acids is 1. The predicted molar refractivity (Wildman–Crippen MR) is 81.6 cm³/mol. The maximum absolute atomic E-state index is 12.5. The Bertz CT molecular complexity index is 815. The molecule has 23 heavy (non-hydrogen) atoms. The molecule has 0 saturated carbocycles. The number of aromatic nitrogens is 3. The Kier molecular flexibility index (Phi) is 3.99. The molecular weight excluding hydrogens is 320 g/mol. The number of hydrogen-bond donors (Lipinski definition) is 1. The number of carbonyl (C=O) groups is 1. The SMILES string of the molecule is Cn1ccc(S(=O)(=O)N2CCC(n3cccc3C(=O)O)CC2)n1. The summed E-state index contributed by atoms with van der Waals surface area (Å²) in [5.74, 6) is -0.974. The summed E-state index contributed by atoms with van der Waals surface area (Å²) in [6.07, 6.45) is 4.47. The molecule has 9 heteroatoms. The summed E-state index contributed by atoms with van der Waals surface area (Å²) in [4.78, 5) is 11.2. The second-order valence-electron chi connectivity index (χ2n) is 5.57. The maximum Gasteiger partial charge on any atom is 0.352 e. The van der Waals surface area contributed by atoms with Gasteiger partial charge in [-0.05, 0) is 31.0 Å². The van der Waals surface area contributed by atoms with E-state index in [9.17, 15) is 18.3 Å². The van der Waals surface area contributed by atoms with Gasteiger partial charge in [0.15, 0.2) is 5.03 Å². The van der Waals surface area contributed by atoms with Crippen molar-refractivity contribution in [2.24, 2.45) is 7.05 Å². The monoisotopic (exact) mass is 338 g/mol. The van der Waals surface area contributed by atoms with Gasteiger partial charge in [-0.1, -0.05) is 0 Å². The fourth-order valence-electron chi connectivity index (χ4n) is 2.92. The standard InChI is InChI=1S/C14H18N4O4S/c1-16-8-6-13(15-16)23(21,22)17-9-4-11(5-10-17)18-7-2-3-12(18)14(19)20/h2-3,6-8,11H,4-5,9-10H2,1H3,(H,19,20). The van der Waals surface area contributed by atoms with Gasteiger partial charge in [-0.15, -0.1) is 0 Å². The van der Waals surface area contributed by atoms with Gasteiger partial charge in [0.2, 0.25) is 0 Å². The fourth-order valence-corrected chi connectivity index (χ4v) is 4.34. The molecule has 1 aliphatic rings. The van der Waals surface area contributed by atoms with Crippen molar-refractivity contribution in [3.63, 3.8) is 0 Å². The lowest BCUT2D eigenvalue weighted by atomic mass is 10.1. The van der Waals surface area contributed by atoms with Crippen LogP contribution in [0, 0.1) is 0 Å². The minimum atomic E-state index is -3.58. The van der Waals surface area contributed by atoms with Crippen LogP contribution in [0.25, 0.3) is 0 Å². The fraction of sp³-hybridized carbons (Fsp3) is 0.429. The molecule has 0 amide bonds. The number of nitrogens with zero attached hydrogens (tertiary/aromatic N) is 4. The summed E-state index contributed by atoms with van der Waals surface area (Å²) in [5.41, 5.74) is 0.232. The number of carboxylic acids is 1. The molecule has 0 aromatic carbocycles. The van der Waals surface area contributed by atoms with Gasteiger partial charge in [0.05, 0.1) is 0 Å². The Labute approximate surface area is 134 Å². The smallest absolute Gasteiger partial charge is 0.352 e. The van der Waals surface area contributed by atoms with Crippen LogP contribution in [-0.2, 0) is 17.1 Å². The third-order valence-electron chi connectivity index (χ3n) is 4.11. The van der Waals surface area contributed by atoms with Crippen molar-refractivity contribution >= 4 is 16.0 Å². The molecule has 3 rings (SSSR count). The summed E-state index contributed by atoms with van der Waals surface area (Å²) < 4.78 is 29.6. The third kappa shape index (κ3) is 2.89. The van der Waals surface area contributed by atoms with Gasteiger partial charge in [0.25, 0.3) is 10.0 Å². The summed E-state index contributed by atoms with van der Waals surface area (Å²) in [6.45, 7) is 0.696. The zero-order valence-electron chi connectivity index (χ0n) is 12.7. The number of aryl methyl sites for hydroxylation is 1. The Morgan fingerprint density at radius 2 is 1.96 bits per heavy atom. The van der Waals surface area contributed by atoms with Crippen LogP contribution in [0.5, 0.6) is 0 Å². The van der Waals surface area contributed by atoms with Crippen molar-refractivity contribution < 1.29 is 18.3 Å². The van der Waals surface area contributed by atoms with E-state index in [-0.39, 0.29) is 16.8 Å². The molecule has 1 saturated heterocycles. The van der Waals surface area contributed by atoms with Gasteiger partial charge >= 0.3 is 5.97 Å². The van der Waals surface area contributed by atoms with E-state index in [1.807, 2.05) is 0 Å². The molecule has 2 aromatic rings. The lowest BCUT2D eigenvalue weighted by molar-refractivity contribution is 0.0680. The molecule has 0 atom stereocenters. The largest absolute Gasteiger partial charge is 0.477 e. The van der Waals surface area contributed by atoms with E-state index < -0.39 is 16.0 Å². The first kappa shape index (κ1) is 15.8. The molecule has 8 nitrogen and oxygen atoms in total. The number of sulfonamides is 1. The molecule has 1 aliphatic heterocycles. The van der Waals surface area contributed by atoms with Gasteiger partial charge in [0, 0.05) is 38.6 Å². The molecule has 3 heterocycles. The van der Waals surface area contributed by atoms with Crippen LogP contribution in [0.3, 0.4) is 0 Å². The van der Waals surface area contributed by atoms with E-state index in [0.717, 1.165) is 0 Å². The van der Waals surface area contributed by atoms with Gasteiger partial charge in [-0.2, -0.15) is 9.40 Å². The lowest BCUT2D eigenvalue weighted by Gasteiger charge is -2.32. The minimum absolute atomic E-state index is 0.00807. The van der Waals surface area contributed by atoms with Crippen LogP contribution in [0.1, 0.15) is 29.4 Å². The van der Waals surface area contributed by atoms with E-state index in [2.05, 4.69) is 5.10 Å². The molecule has 0 unspecified atom stereocenters.